The summed E-state index contributed by atoms with van der Waals surface area (Å²) in [7, 11) is 0. The van der Waals surface area contributed by atoms with Crippen LogP contribution in [0, 0.1) is 0 Å². The lowest BCUT2D eigenvalue weighted by Crippen LogP contribution is -2.11. The SMILES string of the molecule is c1ccc(-c2nc3ccc4cccc(-c5ccc6cc(N(c7ccc(-c8cc9ccccc9c9ccccc89)cc7)c7ccccc7-c7ccccc7)ccc6c5)c4c3o2)cc1. The number of benzene rings is 11. The lowest BCUT2D eigenvalue weighted by atomic mass is 9.93. The molecule has 0 bridgehead atoms. The Morgan fingerprint density at radius 1 is 0.339 bits per heavy atom. The fourth-order valence-corrected chi connectivity index (χ4v) is 9.28. The molecule has 62 heavy (non-hydrogen) atoms. The Labute approximate surface area is 359 Å². The van der Waals surface area contributed by atoms with Gasteiger partial charge in [0, 0.05) is 27.9 Å². The van der Waals surface area contributed by atoms with Crippen molar-refractivity contribution < 1.29 is 4.42 Å². The number of anilines is 3. The van der Waals surface area contributed by atoms with Crippen molar-refractivity contribution in [1.29, 1.82) is 0 Å². The molecule has 0 N–H and O–H groups in total. The highest BCUT2D eigenvalue weighted by molar-refractivity contribution is 6.14. The minimum atomic E-state index is 0.629. The molecule has 0 spiro atoms. The molecule has 0 saturated carbocycles. The second kappa shape index (κ2) is 14.8. The summed E-state index contributed by atoms with van der Waals surface area (Å²) in [6.45, 7) is 0. The molecule has 0 amide bonds. The molecule has 12 rings (SSSR count). The molecule has 3 heteroatoms. The number of para-hydroxylation sites is 1. The van der Waals surface area contributed by atoms with E-state index in [4.69, 9.17) is 9.40 Å². The number of hydrogen-bond donors (Lipinski definition) is 0. The monoisotopic (exact) mass is 790 g/mol. The summed E-state index contributed by atoms with van der Waals surface area (Å²) in [5.41, 5.74) is 12.9. The summed E-state index contributed by atoms with van der Waals surface area (Å²) in [4.78, 5) is 7.29. The van der Waals surface area contributed by atoms with Gasteiger partial charge in [-0.2, -0.15) is 0 Å². The lowest BCUT2D eigenvalue weighted by Gasteiger charge is -2.28. The third-order valence-electron chi connectivity index (χ3n) is 12.2. The third kappa shape index (κ3) is 6.10. The summed E-state index contributed by atoms with van der Waals surface area (Å²) in [5.74, 6) is 0.629. The van der Waals surface area contributed by atoms with Crippen molar-refractivity contribution in [2.75, 3.05) is 4.90 Å². The molecule has 0 fully saturated rings. The van der Waals surface area contributed by atoms with Gasteiger partial charge in [-0.15, -0.1) is 0 Å². The number of rotatable bonds is 7. The van der Waals surface area contributed by atoms with Crippen LogP contribution in [0.25, 0.3) is 99.0 Å². The smallest absolute Gasteiger partial charge is 0.227 e. The average molecular weight is 791 g/mol. The first-order chi connectivity index (χ1) is 30.7. The van der Waals surface area contributed by atoms with Crippen LogP contribution in [0.5, 0.6) is 0 Å². The molecule has 1 heterocycles. The fraction of sp³-hybridized carbons (Fsp3) is 0. The van der Waals surface area contributed by atoms with Gasteiger partial charge in [-0.3, -0.25) is 0 Å². The van der Waals surface area contributed by atoms with E-state index in [0.717, 1.165) is 66.4 Å². The Morgan fingerprint density at radius 2 is 0.935 bits per heavy atom. The molecular formula is C59H38N2O. The first-order valence-electron chi connectivity index (χ1n) is 21.1. The van der Waals surface area contributed by atoms with Crippen molar-refractivity contribution in [3.63, 3.8) is 0 Å². The fourth-order valence-electron chi connectivity index (χ4n) is 9.28. The van der Waals surface area contributed by atoms with Gasteiger partial charge in [0.1, 0.15) is 5.52 Å². The van der Waals surface area contributed by atoms with Crippen molar-refractivity contribution in [1.82, 2.24) is 4.98 Å². The van der Waals surface area contributed by atoms with Gasteiger partial charge < -0.3 is 9.32 Å². The summed E-state index contributed by atoms with van der Waals surface area (Å²) in [6, 6.07) is 82.6. The highest BCUT2D eigenvalue weighted by atomic mass is 16.3. The largest absolute Gasteiger partial charge is 0.435 e. The molecule has 3 nitrogen and oxygen atoms in total. The Kier molecular flexibility index (Phi) is 8.50. The van der Waals surface area contributed by atoms with E-state index in [1.807, 2.05) is 30.3 Å². The Bertz CT molecular complexity index is 3630. The van der Waals surface area contributed by atoms with Gasteiger partial charge in [-0.05, 0) is 126 Å². The van der Waals surface area contributed by atoms with Crippen LogP contribution in [0.2, 0.25) is 0 Å². The Hall–Kier alpha value is -8.27. The number of aromatic nitrogens is 1. The highest BCUT2D eigenvalue weighted by Crippen LogP contribution is 2.44. The molecule has 290 valence electrons. The van der Waals surface area contributed by atoms with E-state index >= 15 is 0 Å². The van der Waals surface area contributed by atoms with Gasteiger partial charge in [-0.25, -0.2) is 4.98 Å². The maximum absolute atomic E-state index is 6.54. The van der Waals surface area contributed by atoms with Crippen LogP contribution >= 0.6 is 0 Å². The molecule has 0 unspecified atom stereocenters. The standard InChI is InChI=1S/C59H38N2O/c1-3-14-39(15-4-1)50-21-11-12-25-56(50)61(47-32-28-40(29-33-47)54-38-45-18-7-8-20-49(45)52-22-9-10-23-53(52)54)48-34-30-43-36-46(27-26-44(43)37-48)51-24-13-19-41-31-35-55-58(57(41)51)62-59(60-55)42-16-5-2-6-17-42/h1-38H. The molecule has 0 aliphatic carbocycles. The molecule has 11 aromatic carbocycles. The second-order valence-corrected chi connectivity index (χ2v) is 15.9. The maximum atomic E-state index is 6.54. The number of hydrogen-bond acceptors (Lipinski definition) is 3. The van der Waals surface area contributed by atoms with Gasteiger partial charge in [0.25, 0.3) is 0 Å². The van der Waals surface area contributed by atoms with E-state index in [1.165, 1.54) is 43.8 Å². The predicted octanol–water partition coefficient (Wildman–Crippen LogP) is 16.6. The number of fused-ring (bicyclic) bond motifs is 7. The lowest BCUT2D eigenvalue weighted by molar-refractivity contribution is 0.623. The van der Waals surface area contributed by atoms with Crippen molar-refractivity contribution in [2.45, 2.75) is 0 Å². The molecule has 0 radical (unpaired) electrons. The topological polar surface area (TPSA) is 29.3 Å². The van der Waals surface area contributed by atoms with Crippen LogP contribution in [0.3, 0.4) is 0 Å². The molecule has 12 aromatic rings. The summed E-state index contributed by atoms with van der Waals surface area (Å²) in [5, 5.41) is 9.55. The van der Waals surface area contributed by atoms with Gasteiger partial charge in [0.05, 0.1) is 5.69 Å². The summed E-state index contributed by atoms with van der Waals surface area (Å²) < 4.78 is 6.54. The van der Waals surface area contributed by atoms with Crippen LogP contribution in [0.15, 0.2) is 235 Å². The number of nitrogens with zero attached hydrogens (tertiary/aromatic N) is 2. The van der Waals surface area contributed by atoms with Crippen LogP contribution in [0.4, 0.5) is 17.1 Å². The van der Waals surface area contributed by atoms with Crippen molar-refractivity contribution >= 4 is 71.3 Å². The van der Waals surface area contributed by atoms with E-state index in [0.29, 0.717) is 5.89 Å². The first-order valence-corrected chi connectivity index (χ1v) is 21.1. The third-order valence-corrected chi connectivity index (χ3v) is 12.2. The zero-order chi connectivity index (χ0) is 41.0. The Balaban J connectivity index is 0.978. The highest BCUT2D eigenvalue weighted by Gasteiger charge is 2.20. The summed E-state index contributed by atoms with van der Waals surface area (Å²) in [6.07, 6.45) is 0. The minimum absolute atomic E-state index is 0.629. The molecule has 0 atom stereocenters. The maximum Gasteiger partial charge on any atom is 0.227 e. The Morgan fingerprint density at radius 3 is 1.77 bits per heavy atom. The molecule has 0 saturated heterocycles. The van der Waals surface area contributed by atoms with E-state index in [9.17, 15) is 0 Å². The van der Waals surface area contributed by atoms with Crippen LogP contribution in [-0.2, 0) is 0 Å². The van der Waals surface area contributed by atoms with Gasteiger partial charge >= 0.3 is 0 Å². The van der Waals surface area contributed by atoms with Crippen molar-refractivity contribution in [3.8, 4) is 44.8 Å². The van der Waals surface area contributed by atoms with E-state index in [1.54, 1.807) is 0 Å². The zero-order valence-corrected chi connectivity index (χ0v) is 33.7. The molecular weight excluding hydrogens is 753 g/mol. The molecule has 1 aromatic heterocycles. The number of oxazole rings is 1. The zero-order valence-electron chi connectivity index (χ0n) is 33.7. The van der Waals surface area contributed by atoms with Crippen LogP contribution < -0.4 is 4.90 Å². The minimum Gasteiger partial charge on any atom is -0.435 e. The van der Waals surface area contributed by atoms with Crippen molar-refractivity contribution in [2.24, 2.45) is 0 Å². The van der Waals surface area contributed by atoms with Gasteiger partial charge in [0.15, 0.2) is 5.58 Å². The van der Waals surface area contributed by atoms with E-state index in [2.05, 4.69) is 205 Å². The van der Waals surface area contributed by atoms with Gasteiger partial charge in [0.2, 0.25) is 5.89 Å². The first kappa shape index (κ1) is 35.7. The van der Waals surface area contributed by atoms with Crippen LogP contribution in [-0.4, -0.2) is 4.98 Å². The van der Waals surface area contributed by atoms with E-state index in [-0.39, 0.29) is 0 Å². The summed E-state index contributed by atoms with van der Waals surface area (Å²) >= 11 is 0. The average Bonchev–Trinajstić information content (AvgIpc) is 3.80. The molecule has 0 aliphatic rings. The van der Waals surface area contributed by atoms with Crippen LogP contribution in [0.1, 0.15) is 0 Å². The normalized spacial score (nSPS) is 11.5. The molecule has 0 aliphatic heterocycles. The predicted molar refractivity (Wildman–Crippen MR) is 260 cm³/mol. The quantitative estimate of drug-likeness (QED) is 0.151. The van der Waals surface area contributed by atoms with Crippen molar-refractivity contribution in [3.05, 3.63) is 231 Å². The van der Waals surface area contributed by atoms with Gasteiger partial charge in [-0.1, -0.05) is 170 Å². The van der Waals surface area contributed by atoms with E-state index < -0.39 is 0 Å². The second-order valence-electron chi connectivity index (χ2n) is 15.9.